The van der Waals surface area contributed by atoms with Gasteiger partial charge in [0.15, 0.2) is 0 Å². The number of pyridine rings is 1. The minimum atomic E-state index is 0.222. The standard InChI is InChI=1S/C28H33N3O/c1-21-7-9-22(10-8-21)23-11-13-24(14-12-23)28-26-19-30(18-25-6-2-3-15-29-25)16-4-5-17-31(26)27(28)20-32/h2-3,6-15,26-28,32H,4-5,16-20H2,1H3/t26-,27-,28-/m1/s1. The smallest absolute Gasteiger partial charge is 0.0593 e. The van der Waals surface area contributed by atoms with Crippen molar-refractivity contribution in [1.82, 2.24) is 14.8 Å². The normalized spacial score (nSPS) is 24.2. The molecule has 4 nitrogen and oxygen atoms in total. The summed E-state index contributed by atoms with van der Waals surface area (Å²) in [5.41, 5.74) is 6.27. The molecule has 166 valence electrons. The molecule has 3 heterocycles. The topological polar surface area (TPSA) is 39.6 Å². The molecular weight excluding hydrogens is 394 g/mol. The van der Waals surface area contributed by atoms with E-state index in [1.54, 1.807) is 0 Å². The number of aliphatic hydroxyl groups is 1. The maximum Gasteiger partial charge on any atom is 0.0593 e. The molecule has 0 saturated carbocycles. The largest absolute Gasteiger partial charge is 0.395 e. The van der Waals surface area contributed by atoms with Gasteiger partial charge in [0.2, 0.25) is 0 Å². The van der Waals surface area contributed by atoms with Gasteiger partial charge in [0.25, 0.3) is 0 Å². The van der Waals surface area contributed by atoms with Crippen LogP contribution in [-0.4, -0.2) is 58.2 Å². The van der Waals surface area contributed by atoms with E-state index in [4.69, 9.17) is 0 Å². The van der Waals surface area contributed by atoms with Gasteiger partial charge in [-0.25, -0.2) is 0 Å². The first-order chi connectivity index (χ1) is 15.7. The molecule has 0 unspecified atom stereocenters. The fourth-order valence-electron chi connectivity index (χ4n) is 5.52. The molecule has 0 spiro atoms. The third kappa shape index (κ3) is 4.36. The molecule has 0 bridgehead atoms. The van der Waals surface area contributed by atoms with Crippen LogP contribution in [0.2, 0.25) is 0 Å². The maximum absolute atomic E-state index is 10.2. The number of aliphatic hydroxyl groups excluding tert-OH is 1. The summed E-state index contributed by atoms with van der Waals surface area (Å²) in [5.74, 6) is 0.372. The van der Waals surface area contributed by atoms with Crippen molar-refractivity contribution in [3.8, 4) is 11.1 Å². The second-order valence-corrected chi connectivity index (χ2v) is 9.33. The second kappa shape index (κ2) is 9.53. The zero-order valence-electron chi connectivity index (χ0n) is 18.9. The van der Waals surface area contributed by atoms with E-state index in [2.05, 4.69) is 82.4 Å². The van der Waals surface area contributed by atoms with Crippen molar-refractivity contribution in [3.05, 3.63) is 89.7 Å². The molecule has 0 radical (unpaired) electrons. The van der Waals surface area contributed by atoms with E-state index in [-0.39, 0.29) is 12.6 Å². The molecule has 2 fully saturated rings. The van der Waals surface area contributed by atoms with E-state index in [1.165, 1.54) is 35.1 Å². The monoisotopic (exact) mass is 427 g/mol. The average molecular weight is 428 g/mol. The average Bonchev–Trinajstić information content (AvgIpc) is 2.81. The number of aryl methyl sites for hydroxylation is 1. The van der Waals surface area contributed by atoms with Gasteiger partial charge in [0, 0.05) is 37.3 Å². The highest BCUT2D eigenvalue weighted by atomic mass is 16.3. The predicted octanol–water partition coefficient (Wildman–Crippen LogP) is 4.48. The van der Waals surface area contributed by atoms with Crippen molar-refractivity contribution in [2.75, 3.05) is 26.2 Å². The lowest BCUT2D eigenvalue weighted by molar-refractivity contribution is -0.0656. The Bertz CT molecular complexity index is 1000. The summed E-state index contributed by atoms with van der Waals surface area (Å²) in [6, 6.07) is 24.6. The van der Waals surface area contributed by atoms with Gasteiger partial charge in [0.1, 0.15) is 0 Å². The van der Waals surface area contributed by atoms with Gasteiger partial charge in [-0.1, -0.05) is 60.2 Å². The van der Waals surface area contributed by atoms with Crippen molar-refractivity contribution >= 4 is 0 Å². The van der Waals surface area contributed by atoms with E-state index in [0.717, 1.165) is 31.9 Å². The highest BCUT2D eigenvalue weighted by Gasteiger charge is 2.49. The summed E-state index contributed by atoms with van der Waals surface area (Å²) in [7, 11) is 0. The lowest BCUT2D eigenvalue weighted by Gasteiger charge is -2.57. The summed E-state index contributed by atoms with van der Waals surface area (Å²) < 4.78 is 0. The number of aromatic nitrogens is 1. The first-order valence-corrected chi connectivity index (χ1v) is 11.9. The van der Waals surface area contributed by atoms with E-state index < -0.39 is 0 Å². The molecule has 1 N–H and O–H groups in total. The summed E-state index contributed by atoms with van der Waals surface area (Å²) >= 11 is 0. The third-order valence-electron chi connectivity index (χ3n) is 7.25. The van der Waals surface area contributed by atoms with Crippen LogP contribution in [0.1, 0.15) is 35.6 Å². The van der Waals surface area contributed by atoms with Crippen LogP contribution in [0.3, 0.4) is 0 Å². The Labute approximate surface area is 191 Å². The number of benzene rings is 2. The Morgan fingerprint density at radius 3 is 2.31 bits per heavy atom. The van der Waals surface area contributed by atoms with E-state index in [0.29, 0.717) is 12.0 Å². The Balaban J connectivity index is 1.35. The number of nitrogens with zero attached hydrogens (tertiary/aromatic N) is 3. The van der Waals surface area contributed by atoms with Gasteiger partial charge >= 0.3 is 0 Å². The van der Waals surface area contributed by atoms with Crippen molar-refractivity contribution in [2.24, 2.45) is 0 Å². The van der Waals surface area contributed by atoms with Gasteiger partial charge in [-0.15, -0.1) is 0 Å². The lowest BCUT2D eigenvalue weighted by Crippen LogP contribution is -2.67. The molecular formula is C28H33N3O. The Morgan fingerprint density at radius 1 is 0.906 bits per heavy atom. The molecule has 1 aromatic heterocycles. The van der Waals surface area contributed by atoms with Crippen LogP contribution >= 0.6 is 0 Å². The quantitative estimate of drug-likeness (QED) is 0.652. The van der Waals surface area contributed by atoms with Crippen LogP contribution in [0.4, 0.5) is 0 Å². The molecule has 2 aromatic carbocycles. The predicted molar refractivity (Wildman–Crippen MR) is 129 cm³/mol. The van der Waals surface area contributed by atoms with Crippen LogP contribution in [-0.2, 0) is 6.54 Å². The first-order valence-electron chi connectivity index (χ1n) is 11.9. The first kappa shape index (κ1) is 21.3. The Morgan fingerprint density at radius 2 is 1.62 bits per heavy atom. The minimum absolute atomic E-state index is 0.222. The van der Waals surface area contributed by atoms with Gasteiger partial charge in [-0.2, -0.15) is 0 Å². The summed E-state index contributed by atoms with van der Waals surface area (Å²) in [5, 5.41) is 10.2. The molecule has 0 amide bonds. The molecule has 5 rings (SSSR count). The molecule has 2 aliphatic rings. The molecule has 2 aliphatic heterocycles. The fourth-order valence-corrected chi connectivity index (χ4v) is 5.52. The van der Waals surface area contributed by atoms with Crippen molar-refractivity contribution in [1.29, 1.82) is 0 Å². The van der Waals surface area contributed by atoms with E-state index in [1.807, 2.05) is 12.3 Å². The Kier molecular flexibility index (Phi) is 6.35. The van der Waals surface area contributed by atoms with Gasteiger partial charge < -0.3 is 5.11 Å². The molecule has 0 aliphatic carbocycles. The maximum atomic E-state index is 10.2. The summed E-state index contributed by atoms with van der Waals surface area (Å²) in [4.78, 5) is 9.65. The zero-order valence-corrected chi connectivity index (χ0v) is 18.9. The highest BCUT2D eigenvalue weighted by Crippen LogP contribution is 2.42. The number of rotatable bonds is 5. The fraction of sp³-hybridized carbons (Fsp3) is 0.393. The van der Waals surface area contributed by atoms with Crippen molar-refractivity contribution in [2.45, 2.75) is 44.3 Å². The number of fused-ring (bicyclic) bond motifs is 1. The van der Waals surface area contributed by atoms with Crippen LogP contribution in [0.15, 0.2) is 72.9 Å². The van der Waals surface area contributed by atoms with E-state index >= 15 is 0 Å². The number of hydrogen-bond donors (Lipinski definition) is 1. The third-order valence-corrected chi connectivity index (χ3v) is 7.25. The minimum Gasteiger partial charge on any atom is -0.395 e. The molecule has 3 aromatic rings. The molecule has 2 saturated heterocycles. The number of hydrogen-bond acceptors (Lipinski definition) is 4. The molecule has 3 atom stereocenters. The highest BCUT2D eigenvalue weighted by molar-refractivity contribution is 5.64. The van der Waals surface area contributed by atoms with Crippen LogP contribution < -0.4 is 0 Å². The summed E-state index contributed by atoms with van der Waals surface area (Å²) in [6.45, 7) is 6.47. The SMILES string of the molecule is Cc1ccc(-c2ccc([C@H]3[C@@H](CO)N4CCCCN(Cc5ccccn5)C[C@H]34)cc2)cc1. The van der Waals surface area contributed by atoms with Crippen LogP contribution in [0.5, 0.6) is 0 Å². The zero-order chi connectivity index (χ0) is 21.9. The lowest BCUT2D eigenvalue weighted by atomic mass is 9.74. The van der Waals surface area contributed by atoms with E-state index in [9.17, 15) is 5.11 Å². The van der Waals surface area contributed by atoms with Crippen LogP contribution in [0, 0.1) is 6.92 Å². The van der Waals surface area contributed by atoms with Gasteiger partial charge in [-0.05, 0) is 61.7 Å². The molecule has 4 heteroatoms. The Hall–Kier alpha value is -2.53. The van der Waals surface area contributed by atoms with Gasteiger partial charge in [0.05, 0.1) is 12.3 Å². The molecule has 32 heavy (non-hydrogen) atoms. The van der Waals surface area contributed by atoms with Crippen molar-refractivity contribution in [3.63, 3.8) is 0 Å². The van der Waals surface area contributed by atoms with Gasteiger partial charge in [-0.3, -0.25) is 14.8 Å². The summed E-state index contributed by atoms with van der Waals surface area (Å²) in [6.07, 6.45) is 4.27. The second-order valence-electron chi connectivity index (χ2n) is 9.33. The van der Waals surface area contributed by atoms with Crippen LogP contribution in [0.25, 0.3) is 11.1 Å². The van der Waals surface area contributed by atoms with Crippen molar-refractivity contribution < 1.29 is 5.11 Å².